The van der Waals surface area contributed by atoms with Gasteiger partial charge in [-0.25, -0.2) is 4.98 Å². The van der Waals surface area contributed by atoms with Crippen LogP contribution in [0, 0.1) is 0 Å². The lowest BCUT2D eigenvalue weighted by Crippen LogP contribution is -2.37. The zero-order valence-corrected chi connectivity index (χ0v) is 11.6. The number of hydrogen-bond donors (Lipinski definition) is 0. The molecule has 1 aliphatic carbocycles. The highest BCUT2D eigenvalue weighted by Gasteiger charge is 2.45. The third-order valence-electron chi connectivity index (χ3n) is 4.23. The van der Waals surface area contributed by atoms with Crippen LogP contribution >= 0.6 is 0 Å². The Bertz CT molecular complexity index is 599. The van der Waals surface area contributed by atoms with Gasteiger partial charge in [-0.1, -0.05) is 31.0 Å². The summed E-state index contributed by atoms with van der Waals surface area (Å²) in [5.41, 5.74) is 0.520. The van der Waals surface area contributed by atoms with E-state index in [4.69, 9.17) is 4.74 Å². The molecule has 0 bridgehead atoms. The Hall–Kier alpha value is -2.10. The number of methoxy groups -OCH3 is 1. The Morgan fingerprint density at radius 2 is 2.05 bits per heavy atom. The number of imidazole rings is 1. The number of aromatic nitrogens is 2. The van der Waals surface area contributed by atoms with Crippen molar-refractivity contribution in [3.8, 4) is 5.75 Å². The molecule has 4 nitrogen and oxygen atoms in total. The smallest absolute Gasteiger partial charge is 0.242 e. The summed E-state index contributed by atoms with van der Waals surface area (Å²) < 4.78 is 7.07. The van der Waals surface area contributed by atoms with E-state index in [1.165, 1.54) is 0 Å². The van der Waals surface area contributed by atoms with E-state index in [-0.39, 0.29) is 5.91 Å². The number of nitrogens with zero attached hydrogens (tertiary/aromatic N) is 2. The van der Waals surface area contributed by atoms with E-state index >= 15 is 0 Å². The Labute approximate surface area is 118 Å². The van der Waals surface area contributed by atoms with Crippen molar-refractivity contribution in [2.75, 3.05) is 7.11 Å². The van der Waals surface area contributed by atoms with E-state index in [1.807, 2.05) is 24.3 Å². The fourth-order valence-corrected chi connectivity index (χ4v) is 3.24. The molecule has 0 saturated heterocycles. The minimum atomic E-state index is -0.479. The van der Waals surface area contributed by atoms with Gasteiger partial charge in [-0.2, -0.15) is 0 Å². The largest absolute Gasteiger partial charge is 0.496 e. The maximum absolute atomic E-state index is 13.0. The quantitative estimate of drug-likeness (QED) is 0.861. The SMILES string of the molecule is COc1ccccc1C1(C(=O)n2ccnc2)CCCC1. The topological polar surface area (TPSA) is 44.1 Å². The number of para-hydroxylation sites is 1. The summed E-state index contributed by atoms with van der Waals surface area (Å²) >= 11 is 0. The van der Waals surface area contributed by atoms with Crippen LogP contribution in [0.3, 0.4) is 0 Å². The average Bonchev–Trinajstić information content (AvgIpc) is 3.18. The molecule has 4 heteroatoms. The molecule has 1 saturated carbocycles. The number of hydrogen-bond acceptors (Lipinski definition) is 3. The van der Waals surface area contributed by atoms with Crippen LogP contribution in [0.1, 0.15) is 36.0 Å². The lowest BCUT2D eigenvalue weighted by molar-refractivity contribution is 0.0794. The molecule has 20 heavy (non-hydrogen) atoms. The van der Waals surface area contributed by atoms with Gasteiger partial charge in [0.15, 0.2) is 0 Å². The number of rotatable bonds is 3. The molecule has 0 unspecified atom stereocenters. The highest BCUT2D eigenvalue weighted by atomic mass is 16.5. The van der Waals surface area contributed by atoms with Crippen molar-refractivity contribution in [2.24, 2.45) is 0 Å². The van der Waals surface area contributed by atoms with Crippen LogP contribution in [0.25, 0.3) is 0 Å². The molecule has 0 N–H and O–H groups in total. The minimum absolute atomic E-state index is 0.0944. The summed E-state index contributed by atoms with van der Waals surface area (Å²) in [6.45, 7) is 0. The summed E-state index contributed by atoms with van der Waals surface area (Å²) in [6, 6.07) is 7.85. The Kier molecular flexibility index (Phi) is 3.30. The average molecular weight is 270 g/mol. The van der Waals surface area contributed by atoms with E-state index < -0.39 is 5.41 Å². The third kappa shape index (κ3) is 1.92. The van der Waals surface area contributed by atoms with Crippen molar-refractivity contribution < 1.29 is 9.53 Å². The molecule has 2 aromatic rings. The standard InChI is InChI=1S/C16H18N2O2/c1-20-14-7-3-2-6-13(14)16(8-4-5-9-16)15(19)18-11-10-17-12-18/h2-3,6-7,10-12H,4-5,8-9H2,1H3. The lowest BCUT2D eigenvalue weighted by Gasteiger charge is -2.29. The summed E-state index contributed by atoms with van der Waals surface area (Å²) in [5, 5.41) is 0. The van der Waals surface area contributed by atoms with E-state index in [9.17, 15) is 4.79 Å². The van der Waals surface area contributed by atoms with Gasteiger partial charge in [0.2, 0.25) is 5.91 Å². The van der Waals surface area contributed by atoms with Crippen molar-refractivity contribution in [3.63, 3.8) is 0 Å². The molecule has 0 aliphatic heterocycles. The van der Waals surface area contributed by atoms with E-state index in [0.29, 0.717) is 0 Å². The molecule has 0 spiro atoms. The second kappa shape index (κ2) is 5.12. The van der Waals surface area contributed by atoms with Gasteiger partial charge in [-0.15, -0.1) is 0 Å². The highest BCUT2D eigenvalue weighted by Crippen LogP contribution is 2.45. The molecule has 3 rings (SSSR count). The van der Waals surface area contributed by atoms with Gasteiger partial charge in [0.1, 0.15) is 12.1 Å². The van der Waals surface area contributed by atoms with E-state index in [1.54, 1.807) is 30.4 Å². The molecule has 0 atom stereocenters. The molecule has 104 valence electrons. The number of carbonyl (C=O) groups is 1. The minimum Gasteiger partial charge on any atom is -0.496 e. The van der Waals surface area contributed by atoms with Crippen LogP contribution < -0.4 is 4.74 Å². The molecular formula is C16H18N2O2. The zero-order valence-electron chi connectivity index (χ0n) is 11.6. The van der Waals surface area contributed by atoms with Gasteiger partial charge in [0.05, 0.1) is 12.5 Å². The van der Waals surface area contributed by atoms with Crippen molar-refractivity contribution in [3.05, 3.63) is 48.5 Å². The summed E-state index contributed by atoms with van der Waals surface area (Å²) in [5.74, 6) is 0.889. The summed E-state index contributed by atoms with van der Waals surface area (Å²) in [4.78, 5) is 17.0. The van der Waals surface area contributed by atoms with Crippen LogP contribution in [-0.2, 0) is 5.41 Å². The van der Waals surface area contributed by atoms with E-state index in [2.05, 4.69) is 4.98 Å². The van der Waals surface area contributed by atoms with Crippen LogP contribution in [0.2, 0.25) is 0 Å². The Morgan fingerprint density at radius 1 is 1.30 bits per heavy atom. The number of benzene rings is 1. The predicted molar refractivity (Wildman–Crippen MR) is 76.0 cm³/mol. The number of ether oxygens (including phenoxy) is 1. The number of carbonyl (C=O) groups excluding carboxylic acids is 1. The molecule has 1 aromatic heterocycles. The maximum Gasteiger partial charge on any atom is 0.242 e. The first-order chi connectivity index (χ1) is 9.78. The van der Waals surface area contributed by atoms with Crippen molar-refractivity contribution >= 4 is 5.91 Å². The molecule has 1 aliphatic rings. The first kappa shape index (κ1) is 12.9. The van der Waals surface area contributed by atoms with Gasteiger partial charge in [-0.3, -0.25) is 9.36 Å². The van der Waals surface area contributed by atoms with Gasteiger partial charge >= 0.3 is 0 Å². The third-order valence-corrected chi connectivity index (χ3v) is 4.23. The normalized spacial score (nSPS) is 17.1. The predicted octanol–water partition coefficient (Wildman–Crippen LogP) is 3.04. The van der Waals surface area contributed by atoms with E-state index in [0.717, 1.165) is 37.0 Å². The molecule has 1 fully saturated rings. The summed E-state index contributed by atoms with van der Waals surface area (Å²) in [7, 11) is 1.66. The Morgan fingerprint density at radius 3 is 2.70 bits per heavy atom. The van der Waals surface area contributed by atoms with Crippen LogP contribution in [0.4, 0.5) is 0 Å². The summed E-state index contributed by atoms with van der Waals surface area (Å²) in [6.07, 6.45) is 8.81. The molecule has 1 aromatic carbocycles. The van der Waals surface area contributed by atoms with Gasteiger partial charge in [0, 0.05) is 18.0 Å². The van der Waals surface area contributed by atoms with Crippen molar-refractivity contribution in [2.45, 2.75) is 31.1 Å². The second-order valence-electron chi connectivity index (χ2n) is 5.26. The molecule has 0 radical (unpaired) electrons. The van der Waals surface area contributed by atoms with Crippen molar-refractivity contribution in [1.29, 1.82) is 0 Å². The molecular weight excluding hydrogens is 252 g/mol. The Balaban J connectivity index is 2.11. The lowest BCUT2D eigenvalue weighted by atomic mass is 9.77. The van der Waals surface area contributed by atoms with Crippen molar-refractivity contribution in [1.82, 2.24) is 9.55 Å². The van der Waals surface area contributed by atoms with Gasteiger partial charge in [0.25, 0.3) is 0 Å². The fourth-order valence-electron chi connectivity index (χ4n) is 3.24. The molecule has 1 heterocycles. The van der Waals surface area contributed by atoms with Gasteiger partial charge < -0.3 is 4.74 Å². The zero-order chi connectivity index (χ0) is 14.0. The van der Waals surface area contributed by atoms with Crippen LogP contribution in [-0.4, -0.2) is 22.6 Å². The monoisotopic (exact) mass is 270 g/mol. The second-order valence-corrected chi connectivity index (χ2v) is 5.26. The first-order valence-electron chi connectivity index (χ1n) is 6.94. The first-order valence-corrected chi connectivity index (χ1v) is 6.94. The van der Waals surface area contributed by atoms with Crippen LogP contribution in [0.5, 0.6) is 5.75 Å². The van der Waals surface area contributed by atoms with Crippen LogP contribution in [0.15, 0.2) is 43.0 Å². The molecule has 0 amide bonds. The fraction of sp³-hybridized carbons (Fsp3) is 0.375. The van der Waals surface area contributed by atoms with Gasteiger partial charge in [-0.05, 0) is 18.9 Å². The highest BCUT2D eigenvalue weighted by molar-refractivity contribution is 5.91. The maximum atomic E-state index is 13.0.